The van der Waals surface area contributed by atoms with Gasteiger partial charge in [-0.05, 0) is 54.2 Å². The molecule has 0 saturated carbocycles. The van der Waals surface area contributed by atoms with E-state index in [9.17, 15) is 0 Å². The van der Waals surface area contributed by atoms with Crippen molar-refractivity contribution < 1.29 is 4.74 Å². The number of hydrogen-bond acceptors (Lipinski definition) is 1. The van der Waals surface area contributed by atoms with Gasteiger partial charge in [-0.2, -0.15) is 0 Å². The van der Waals surface area contributed by atoms with Gasteiger partial charge in [-0.15, -0.1) is 0 Å². The fourth-order valence-corrected chi connectivity index (χ4v) is 2.61. The summed E-state index contributed by atoms with van der Waals surface area (Å²) in [7, 11) is 0. The van der Waals surface area contributed by atoms with Crippen LogP contribution in [0.2, 0.25) is 0 Å². The third-order valence-corrected chi connectivity index (χ3v) is 3.56. The number of allylic oxidation sites excluding steroid dienone is 2. The molecule has 2 aromatic carbocycles. The van der Waals surface area contributed by atoms with Gasteiger partial charge in [-0.1, -0.05) is 42.5 Å². The zero-order valence-corrected chi connectivity index (χ0v) is 11.2. The predicted octanol–water partition coefficient (Wildman–Crippen LogP) is 4.27. The Balaban J connectivity index is 1.76. The summed E-state index contributed by atoms with van der Waals surface area (Å²) in [5.74, 6) is 0.951. The molecule has 0 spiro atoms. The van der Waals surface area contributed by atoms with Crippen LogP contribution in [0.25, 0.3) is 5.57 Å². The summed E-state index contributed by atoms with van der Waals surface area (Å²) in [6, 6.07) is 17.1. The van der Waals surface area contributed by atoms with Crippen LogP contribution < -0.4 is 4.74 Å². The summed E-state index contributed by atoms with van der Waals surface area (Å²) in [5.41, 5.74) is 5.64. The lowest BCUT2D eigenvalue weighted by molar-refractivity contribution is 0.340. The fraction of sp³-hybridized carbons (Fsp3) is 0.222. The highest BCUT2D eigenvalue weighted by molar-refractivity contribution is 5.74. The molecule has 0 saturated heterocycles. The molecule has 0 radical (unpaired) electrons. The monoisotopic (exact) mass is 250 g/mol. The molecular weight excluding hydrogens is 232 g/mol. The van der Waals surface area contributed by atoms with E-state index in [-0.39, 0.29) is 0 Å². The first-order valence-electron chi connectivity index (χ1n) is 6.86. The van der Waals surface area contributed by atoms with Crippen LogP contribution in [0.3, 0.4) is 0 Å². The third-order valence-electron chi connectivity index (χ3n) is 3.56. The minimum absolute atomic E-state index is 0.720. The molecule has 3 rings (SSSR count). The summed E-state index contributed by atoms with van der Waals surface area (Å²) < 4.78 is 5.47. The van der Waals surface area contributed by atoms with Crippen molar-refractivity contribution in [3.8, 4) is 5.75 Å². The Kier molecular flexibility index (Phi) is 3.37. The molecule has 0 aromatic heterocycles. The third kappa shape index (κ3) is 2.55. The van der Waals surface area contributed by atoms with Gasteiger partial charge in [-0.3, -0.25) is 0 Å². The highest BCUT2D eigenvalue weighted by Crippen LogP contribution is 2.30. The zero-order chi connectivity index (χ0) is 13.1. The van der Waals surface area contributed by atoms with E-state index in [1.807, 2.05) is 6.92 Å². The highest BCUT2D eigenvalue weighted by atomic mass is 16.5. The standard InChI is InChI=1S/C18H18O/c1-2-19-17-11-7-14(8-12-17)13-16-10-9-15-5-3-4-6-18(15)16/h3-8,10-12H,2,9,13H2,1H3. The Morgan fingerprint density at radius 3 is 2.58 bits per heavy atom. The fourth-order valence-electron chi connectivity index (χ4n) is 2.61. The second kappa shape index (κ2) is 5.31. The number of rotatable bonds is 4. The van der Waals surface area contributed by atoms with E-state index in [1.165, 1.54) is 22.3 Å². The first-order valence-corrected chi connectivity index (χ1v) is 6.86. The average molecular weight is 250 g/mol. The van der Waals surface area contributed by atoms with E-state index in [0.29, 0.717) is 0 Å². The Hall–Kier alpha value is -2.02. The normalized spacial score (nSPS) is 13.0. The molecule has 0 unspecified atom stereocenters. The van der Waals surface area contributed by atoms with E-state index in [2.05, 4.69) is 54.6 Å². The maximum absolute atomic E-state index is 5.47. The average Bonchev–Trinajstić information content (AvgIpc) is 2.85. The van der Waals surface area contributed by atoms with Crippen molar-refractivity contribution in [2.45, 2.75) is 19.8 Å². The summed E-state index contributed by atoms with van der Waals surface area (Å²) >= 11 is 0. The van der Waals surface area contributed by atoms with Crippen LogP contribution in [0.4, 0.5) is 0 Å². The quantitative estimate of drug-likeness (QED) is 0.787. The molecule has 2 aromatic rings. The SMILES string of the molecule is CCOc1ccc(CC2=CCc3ccccc32)cc1. The van der Waals surface area contributed by atoms with Crippen LogP contribution >= 0.6 is 0 Å². The second-order valence-electron chi connectivity index (χ2n) is 4.84. The van der Waals surface area contributed by atoms with Crippen LogP contribution in [0.5, 0.6) is 5.75 Å². The van der Waals surface area contributed by atoms with Crippen LogP contribution in [0, 0.1) is 0 Å². The topological polar surface area (TPSA) is 9.23 Å². The molecule has 19 heavy (non-hydrogen) atoms. The van der Waals surface area contributed by atoms with Gasteiger partial charge in [0, 0.05) is 0 Å². The minimum atomic E-state index is 0.720. The molecule has 1 heteroatoms. The molecule has 1 aliphatic carbocycles. The van der Waals surface area contributed by atoms with Crippen molar-refractivity contribution >= 4 is 5.57 Å². The van der Waals surface area contributed by atoms with Crippen molar-refractivity contribution in [3.63, 3.8) is 0 Å². The minimum Gasteiger partial charge on any atom is -0.494 e. The van der Waals surface area contributed by atoms with Crippen molar-refractivity contribution in [3.05, 3.63) is 71.3 Å². The predicted molar refractivity (Wildman–Crippen MR) is 79.4 cm³/mol. The molecule has 1 aliphatic rings. The van der Waals surface area contributed by atoms with E-state index in [4.69, 9.17) is 4.74 Å². The molecule has 0 N–H and O–H groups in total. The molecule has 0 aliphatic heterocycles. The first kappa shape index (κ1) is 12.0. The van der Waals surface area contributed by atoms with Crippen LogP contribution in [0.1, 0.15) is 23.6 Å². The number of benzene rings is 2. The summed E-state index contributed by atoms with van der Waals surface area (Å²) in [4.78, 5) is 0. The van der Waals surface area contributed by atoms with Crippen LogP contribution in [-0.2, 0) is 12.8 Å². The maximum atomic E-state index is 5.47. The van der Waals surface area contributed by atoms with Crippen molar-refractivity contribution in [2.75, 3.05) is 6.61 Å². The largest absolute Gasteiger partial charge is 0.494 e. The van der Waals surface area contributed by atoms with Crippen molar-refractivity contribution in [2.24, 2.45) is 0 Å². The molecule has 1 nitrogen and oxygen atoms in total. The lowest BCUT2D eigenvalue weighted by Crippen LogP contribution is -1.93. The second-order valence-corrected chi connectivity index (χ2v) is 4.84. The van der Waals surface area contributed by atoms with Gasteiger partial charge >= 0.3 is 0 Å². The molecule has 0 amide bonds. The zero-order valence-electron chi connectivity index (χ0n) is 11.2. The van der Waals surface area contributed by atoms with E-state index in [0.717, 1.165) is 25.2 Å². The molecule has 0 heterocycles. The number of hydrogen-bond donors (Lipinski definition) is 0. The van der Waals surface area contributed by atoms with Gasteiger partial charge in [0.1, 0.15) is 5.75 Å². The van der Waals surface area contributed by atoms with Gasteiger partial charge in [0.05, 0.1) is 6.61 Å². The Labute approximate surface area is 114 Å². The smallest absolute Gasteiger partial charge is 0.119 e. The highest BCUT2D eigenvalue weighted by Gasteiger charge is 2.13. The lowest BCUT2D eigenvalue weighted by Gasteiger charge is -2.07. The Morgan fingerprint density at radius 1 is 1.00 bits per heavy atom. The lowest BCUT2D eigenvalue weighted by atomic mass is 9.99. The van der Waals surface area contributed by atoms with Crippen LogP contribution in [-0.4, -0.2) is 6.61 Å². The van der Waals surface area contributed by atoms with Gasteiger partial charge < -0.3 is 4.74 Å². The Morgan fingerprint density at radius 2 is 1.79 bits per heavy atom. The van der Waals surface area contributed by atoms with Crippen molar-refractivity contribution in [1.29, 1.82) is 0 Å². The molecule has 96 valence electrons. The van der Waals surface area contributed by atoms with Gasteiger partial charge in [0.15, 0.2) is 0 Å². The van der Waals surface area contributed by atoms with E-state index < -0.39 is 0 Å². The first-order chi connectivity index (χ1) is 9.36. The van der Waals surface area contributed by atoms with E-state index in [1.54, 1.807) is 0 Å². The van der Waals surface area contributed by atoms with Crippen molar-refractivity contribution in [1.82, 2.24) is 0 Å². The maximum Gasteiger partial charge on any atom is 0.119 e. The van der Waals surface area contributed by atoms with Gasteiger partial charge in [0.25, 0.3) is 0 Å². The Bertz CT molecular complexity index is 593. The summed E-state index contributed by atoms with van der Waals surface area (Å²) in [5, 5.41) is 0. The molecule has 0 fully saturated rings. The number of fused-ring (bicyclic) bond motifs is 1. The van der Waals surface area contributed by atoms with Gasteiger partial charge in [-0.25, -0.2) is 0 Å². The van der Waals surface area contributed by atoms with Crippen LogP contribution in [0.15, 0.2) is 54.6 Å². The molecule has 0 bridgehead atoms. The van der Waals surface area contributed by atoms with E-state index >= 15 is 0 Å². The summed E-state index contributed by atoms with van der Waals surface area (Å²) in [6.45, 7) is 2.73. The van der Waals surface area contributed by atoms with Gasteiger partial charge in [0.2, 0.25) is 0 Å². The number of ether oxygens (including phenoxy) is 1. The summed E-state index contributed by atoms with van der Waals surface area (Å²) in [6.07, 6.45) is 4.42. The molecule has 0 atom stereocenters. The molecular formula is C18H18O.